The Labute approximate surface area is 109 Å². The van der Waals surface area contributed by atoms with Gasteiger partial charge in [-0.3, -0.25) is 4.79 Å². The van der Waals surface area contributed by atoms with E-state index >= 15 is 0 Å². The summed E-state index contributed by atoms with van der Waals surface area (Å²) in [5.74, 6) is 0.166. The molecule has 0 aliphatic carbocycles. The number of carbonyl (C=O) groups excluding carboxylic acids is 1. The van der Waals surface area contributed by atoms with E-state index in [1.165, 1.54) is 19.3 Å². The van der Waals surface area contributed by atoms with Gasteiger partial charge in [0, 0.05) is 13.1 Å². The highest BCUT2D eigenvalue weighted by Crippen LogP contribution is 2.29. The van der Waals surface area contributed by atoms with E-state index in [-0.39, 0.29) is 11.8 Å². The molecule has 1 amide bonds. The van der Waals surface area contributed by atoms with Crippen LogP contribution >= 0.6 is 0 Å². The first kappa shape index (κ1) is 12.9. The zero-order valence-corrected chi connectivity index (χ0v) is 11.3. The number of nitrogens with zero attached hydrogens (tertiary/aromatic N) is 1. The second-order valence-electron chi connectivity index (χ2n) is 5.06. The lowest BCUT2D eigenvalue weighted by atomic mass is 10.1. The topological polar surface area (TPSA) is 32.3 Å². The number of rotatable bonds is 4. The lowest BCUT2D eigenvalue weighted by Crippen LogP contribution is -2.31. The van der Waals surface area contributed by atoms with E-state index in [4.69, 9.17) is 0 Å². The number of amides is 1. The highest BCUT2D eigenvalue weighted by Gasteiger charge is 2.23. The van der Waals surface area contributed by atoms with Crippen LogP contribution in [0, 0.1) is 5.92 Å². The Balaban J connectivity index is 2.19. The van der Waals surface area contributed by atoms with Gasteiger partial charge in [-0.25, -0.2) is 0 Å². The highest BCUT2D eigenvalue weighted by molar-refractivity contribution is 5.97. The van der Waals surface area contributed by atoms with Crippen LogP contribution in [0.15, 0.2) is 24.3 Å². The third-order valence-electron chi connectivity index (χ3n) is 3.48. The summed E-state index contributed by atoms with van der Waals surface area (Å²) < 4.78 is 0. The van der Waals surface area contributed by atoms with Gasteiger partial charge in [0.15, 0.2) is 0 Å². The van der Waals surface area contributed by atoms with Crippen LogP contribution in [0.1, 0.15) is 33.1 Å². The zero-order chi connectivity index (χ0) is 13.0. The Morgan fingerprint density at radius 1 is 1.33 bits per heavy atom. The van der Waals surface area contributed by atoms with Crippen molar-refractivity contribution in [3.63, 3.8) is 0 Å². The van der Waals surface area contributed by atoms with Gasteiger partial charge in [0.25, 0.3) is 0 Å². The average Bonchev–Trinajstić information content (AvgIpc) is 2.49. The van der Waals surface area contributed by atoms with Crippen molar-refractivity contribution in [1.29, 1.82) is 0 Å². The van der Waals surface area contributed by atoms with E-state index in [2.05, 4.69) is 23.2 Å². The molecule has 2 rings (SSSR count). The van der Waals surface area contributed by atoms with Gasteiger partial charge in [0.05, 0.1) is 17.3 Å². The van der Waals surface area contributed by atoms with Crippen molar-refractivity contribution in [2.75, 3.05) is 23.3 Å². The molecule has 0 unspecified atom stereocenters. The number of carbonyl (C=O) groups is 1. The minimum atomic E-state index is 0.0408. The fourth-order valence-corrected chi connectivity index (χ4v) is 2.39. The minimum Gasteiger partial charge on any atom is -0.369 e. The smallest absolute Gasteiger partial charge is 0.229 e. The van der Waals surface area contributed by atoms with E-state index in [1.54, 1.807) is 0 Å². The number of unbranched alkanes of at least 4 members (excludes halogenated alkanes) is 2. The maximum Gasteiger partial charge on any atom is 0.229 e. The number of nitrogens with one attached hydrogen (secondary N) is 1. The number of hydrogen-bond donors (Lipinski definition) is 1. The normalized spacial score (nSPS) is 19.1. The second-order valence-corrected chi connectivity index (χ2v) is 5.06. The third-order valence-corrected chi connectivity index (χ3v) is 3.48. The predicted molar refractivity (Wildman–Crippen MR) is 76.0 cm³/mol. The van der Waals surface area contributed by atoms with Crippen molar-refractivity contribution in [2.24, 2.45) is 5.92 Å². The van der Waals surface area contributed by atoms with Crippen molar-refractivity contribution in [2.45, 2.75) is 33.1 Å². The molecule has 1 aromatic carbocycles. The van der Waals surface area contributed by atoms with Gasteiger partial charge in [0.1, 0.15) is 0 Å². The molecule has 0 fully saturated rings. The van der Waals surface area contributed by atoms with Gasteiger partial charge in [0.2, 0.25) is 5.91 Å². The quantitative estimate of drug-likeness (QED) is 0.827. The van der Waals surface area contributed by atoms with Crippen molar-refractivity contribution < 1.29 is 4.79 Å². The summed E-state index contributed by atoms with van der Waals surface area (Å²) >= 11 is 0. The first-order valence-electron chi connectivity index (χ1n) is 6.87. The van der Waals surface area contributed by atoms with Crippen molar-refractivity contribution in [3.05, 3.63) is 24.3 Å². The molecule has 1 atom stereocenters. The lowest BCUT2D eigenvalue weighted by Gasteiger charge is -2.25. The summed E-state index contributed by atoms with van der Waals surface area (Å²) in [5.41, 5.74) is 2.11. The molecule has 18 heavy (non-hydrogen) atoms. The molecule has 1 N–H and O–H groups in total. The van der Waals surface area contributed by atoms with Crippen molar-refractivity contribution >= 4 is 17.3 Å². The van der Waals surface area contributed by atoms with Gasteiger partial charge in [-0.1, -0.05) is 38.8 Å². The Bertz CT molecular complexity index is 417. The lowest BCUT2D eigenvalue weighted by molar-refractivity contribution is -0.119. The Morgan fingerprint density at radius 3 is 2.89 bits per heavy atom. The molecule has 98 valence electrons. The average molecular weight is 246 g/mol. The highest BCUT2D eigenvalue weighted by atomic mass is 16.1. The summed E-state index contributed by atoms with van der Waals surface area (Å²) in [6.07, 6.45) is 3.66. The van der Waals surface area contributed by atoms with Crippen LogP contribution in [0.2, 0.25) is 0 Å². The Morgan fingerprint density at radius 2 is 2.11 bits per heavy atom. The van der Waals surface area contributed by atoms with E-state index in [0.717, 1.165) is 24.5 Å². The van der Waals surface area contributed by atoms with E-state index in [0.29, 0.717) is 0 Å². The fraction of sp³-hybridized carbons (Fsp3) is 0.533. The second kappa shape index (κ2) is 5.89. The molecule has 0 aromatic heterocycles. The first-order valence-corrected chi connectivity index (χ1v) is 6.87. The van der Waals surface area contributed by atoms with Gasteiger partial charge in [-0.2, -0.15) is 0 Å². The summed E-state index contributed by atoms with van der Waals surface area (Å²) in [6, 6.07) is 8.09. The molecular formula is C15H22N2O. The summed E-state index contributed by atoms with van der Waals surface area (Å²) in [4.78, 5) is 14.3. The van der Waals surface area contributed by atoms with E-state index < -0.39 is 0 Å². The molecule has 1 aliphatic rings. The summed E-state index contributed by atoms with van der Waals surface area (Å²) in [6.45, 7) is 6.05. The molecule has 0 radical (unpaired) electrons. The maximum absolute atomic E-state index is 11.9. The van der Waals surface area contributed by atoms with Gasteiger partial charge >= 0.3 is 0 Å². The molecule has 0 spiro atoms. The van der Waals surface area contributed by atoms with E-state index in [9.17, 15) is 4.79 Å². The first-order chi connectivity index (χ1) is 8.72. The Kier molecular flexibility index (Phi) is 4.24. The fourth-order valence-electron chi connectivity index (χ4n) is 2.39. The van der Waals surface area contributed by atoms with Gasteiger partial charge in [-0.15, -0.1) is 0 Å². The number of fused-ring (bicyclic) bond motifs is 1. The van der Waals surface area contributed by atoms with Crippen LogP contribution in [-0.4, -0.2) is 19.0 Å². The maximum atomic E-state index is 11.9. The van der Waals surface area contributed by atoms with Crippen LogP contribution in [-0.2, 0) is 4.79 Å². The molecule has 1 aliphatic heterocycles. The van der Waals surface area contributed by atoms with E-state index in [1.807, 2.05) is 25.1 Å². The van der Waals surface area contributed by atoms with Gasteiger partial charge in [-0.05, 0) is 18.6 Å². The van der Waals surface area contributed by atoms with Crippen molar-refractivity contribution in [1.82, 2.24) is 0 Å². The monoisotopic (exact) mass is 246 g/mol. The number of benzene rings is 1. The molecule has 3 heteroatoms. The SMILES string of the molecule is CCCCCN1C[C@@H](C)C(=O)Nc2ccccc21. The molecule has 0 saturated carbocycles. The van der Waals surface area contributed by atoms with Crippen LogP contribution < -0.4 is 10.2 Å². The molecular weight excluding hydrogens is 224 g/mol. The zero-order valence-electron chi connectivity index (χ0n) is 11.3. The molecule has 1 aromatic rings. The van der Waals surface area contributed by atoms with Crippen molar-refractivity contribution in [3.8, 4) is 0 Å². The minimum absolute atomic E-state index is 0.0408. The Hall–Kier alpha value is -1.51. The van der Waals surface area contributed by atoms with Crippen LogP contribution in [0.5, 0.6) is 0 Å². The van der Waals surface area contributed by atoms with Crippen LogP contribution in [0.4, 0.5) is 11.4 Å². The summed E-state index contributed by atoms with van der Waals surface area (Å²) in [7, 11) is 0. The number of para-hydroxylation sites is 2. The predicted octanol–water partition coefficient (Wildman–Crippen LogP) is 3.27. The number of hydrogen-bond acceptors (Lipinski definition) is 2. The van der Waals surface area contributed by atoms with Crippen LogP contribution in [0.25, 0.3) is 0 Å². The van der Waals surface area contributed by atoms with Crippen LogP contribution in [0.3, 0.4) is 0 Å². The van der Waals surface area contributed by atoms with Gasteiger partial charge < -0.3 is 10.2 Å². The number of anilines is 2. The molecule has 0 bridgehead atoms. The standard InChI is InChI=1S/C15H22N2O/c1-3-4-7-10-17-11-12(2)15(18)16-13-8-5-6-9-14(13)17/h5-6,8-9,12H,3-4,7,10-11H2,1-2H3,(H,16,18)/t12-/m1/s1. The third kappa shape index (κ3) is 2.84. The summed E-state index contributed by atoms with van der Waals surface area (Å²) in [5, 5.41) is 3.01. The molecule has 1 heterocycles. The molecule has 0 saturated heterocycles. The largest absolute Gasteiger partial charge is 0.369 e. The molecule has 3 nitrogen and oxygen atoms in total.